The number of nitrogens with one attached hydrogen (secondary N) is 2. The van der Waals surface area contributed by atoms with Crippen LogP contribution in [0.25, 0.3) is 0 Å². The van der Waals surface area contributed by atoms with Gasteiger partial charge in [-0.1, -0.05) is 18.2 Å². The van der Waals surface area contributed by atoms with Gasteiger partial charge in [0.15, 0.2) is 0 Å². The molecule has 2 amide bonds. The summed E-state index contributed by atoms with van der Waals surface area (Å²) < 4.78 is 5.75. The molecule has 3 unspecified atom stereocenters. The number of carbonyl (C=O) groups excluding carboxylic acids is 2. The molecule has 4 aliphatic carbocycles. The van der Waals surface area contributed by atoms with Crippen LogP contribution in [0.1, 0.15) is 63.5 Å². The summed E-state index contributed by atoms with van der Waals surface area (Å²) in [4.78, 5) is 25.4. The average molecular weight is 368 g/mol. The maximum atomic E-state index is 13.5. The van der Waals surface area contributed by atoms with Crippen LogP contribution in [0.4, 0.5) is 0 Å². The van der Waals surface area contributed by atoms with Crippen LogP contribution < -0.4 is 15.4 Å². The Hall–Kier alpha value is -2.04. The summed E-state index contributed by atoms with van der Waals surface area (Å²) in [5.41, 5.74) is 0.596. The van der Waals surface area contributed by atoms with Crippen LogP contribution in [0.5, 0.6) is 5.75 Å². The molecule has 1 aliphatic heterocycles. The normalized spacial score (nSPS) is 38.6. The van der Waals surface area contributed by atoms with Gasteiger partial charge in [-0.15, -0.1) is 0 Å². The molecule has 0 saturated heterocycles. The first-order chi connectivity index (χ1) is 13.0. The van der Waals surface area contributed by atoms with E-state index in [-0.39, 0.29) is 28.8 Å². The third-order valence-electron chi connectivity index (χ3n) is 7.25. The van der Waals surface area contributed by atoms with Gasteiger partial charge in [-0.2, -0.15) is 0 Å². The zero-order valence-electron chi connectivity index (χ0n) is 15.9. The van der Waals surface area contributed by atoms with Crippen molar-refractivity contribution in [3.05, 3.63) is 29.8 Å². The summed E-state index contributed by atoms with van der Waals surface area (Å²) in [5, 5.41) is 6.62. The maximum Gasteiger partial charge on any atom is 0.226 e. The number of carbonyl (C=O) groups is 2. The highest BCUT2D eigenvalue weighted by Gasteiger charge is 2.61. The van der Waals surface area contributed by atoms with E-state index < -0.39 is 0 Å². The SMILES string of the molecule is CC(=O)NC12CC3CC(C1)CC(C(=O)NC1CCOc4ccccc41)(C3)C2. The average Bonchev–Trinajstić information content (AvgIpc) is 2.59. The van der Waals surface area contributed by atoms with Gasteiger partial charge in [0.2, 0.25) is 11.8 Å². The second-order valence-electron chi connectivity index (χ2n) is 9.40. The van der Waals surface area contributed by atoms with Crippen molar-refractivity contribution in [3.63, 3.8) is 0 Å². The number of fused-ring (bicyclic) bond motifs is 1. The Morgan fingerprint density at radius 3 is 2.59 bits per heavy atom. The van der Waals surface area contributed by atoms with Gasteiger partial charge in [0.05, 0.1) is 18.1 Å². The quantitative estimate of drug-likeness (QED) is 0.861. The Bertz CT molecular complexity index is 776. The summed E-state index contributed by atoms with van der Waals surface area (Å²) >= 11 is 0. The molecule has 3 atom stereocenters. The Balaban J connectivity index is 1.40. The summed E-state index contributed by atoms with van der Waals surface area (Å²) in [6.07, 6.45) is 6.85. The molecule has 0 spiro atoms. The number of benzene rings is 1. The van der Waals surface area contributed by atoms with Crippen molar-refractivity contribution in [3.8, 4) is 5.75 Å². The smallest absolute Gasteiger partial charge is 0.226 e. The first-order valence-electron chi connectivity index (χ1n) is 10.3. The minimum atomic E-state index is -0.320. The number of amides is 2. The molecule has 4 saturated carbocycles. The third-order valence-corrected chi connectivity index (χ3v) is 7.25. The van der Waals surface area contributed by atoms with Crippen molar-refractivity contribution in [1.82, 2.24) is 10.6 Å². The number of rotatable bonds is 3. The predicted molar refractivity (Wildman–Crippen MR) is 101 cm³/mol. The molecule has 1 heterocycles. The molecular weight excluding hydrogens is 340 g/mol. The van der Waals surface area contributed by atoms with Crippen molar-refractivity contribution in [1.29, 1.82) is 0 Å². The Morgan fingerprint density at radius 1 is 1.11 bits per heavy atom. The zero-order chi connectivity index (χ0) is 18.6. The van der Waals surface area contributed by atoms with Gasteiger partial charge in [0.25, 0.3) is 0 Å². The molecule has 5 heteroatoms. The largest absolute Gasteiger partial charge is 0.493 e. The molecule has 27 heavy (non-hydrogen) atoms. The summed E-state index contributed by atoms with van der Waals surface area (Å²) in [7, 11) is 0. The van der Waals surface area contributed by atoms with E-state index in [0.29, 0.717) is 18.4 Å². The second-order valence-corrected chi connectivity index (χ2v) is 9.40. The zero-order valence-corrected chi connectivity index (χ0v) is 15.9. The lowest BCUT2D eigenvalue weighted by molar-refractivity contribution is -0.154. The highest BCUT2D eigenvalue weighted by molar-refractivity contribution is 5.84. The van der Waals surface area contributed by atoms with E-state index in [1.807, 2.05) is 18.2 Å². The molecule has 4 fully saturated rings. The van der Waals surface area contributed by atoms with E-state index in [0.717, 1.165) is 49.8 Å². The summed E-state index contributed by atoms with van der Waals surface area (Å²) in [6.45, 7) is 2.24. The predicted octanol–water partition coefficient (Wildman–Crippen LogP) is 3.10. The number of ether oxygens (including phenoxy) is 1. The van der Waals surface area contributed by atoms with Crippen molar-refractivity contribution in [2.24, 2.45) is 17.3 Å². The molecule has 0 radical (unpaired) electrons. The van der Waals surface area contributed by atoms with Crippen molar-refractivity contribution >= 4 is 11.8 Å². The topological polar surface area (TPSA) is 67.4 Å². The fraction of sp³-hybridized carbons (Fsp3) is 0.636. The van der Waals surface area contributed by atoms with E-state index in [1.165, 1.54) is 6.42 Å². The molecule has 6 rings (SSSR count). The molecule has 5 nitrogen and oxygen atoms in total. The van der Waals surface area contributed by atoms with E-state index in [4.69, 9.17) is 4.74 Å². The molecule has 1 aromatic carbocycles. The molecule has 1 aromatic rings. The Labute approximate surface area is 160 Å². The number of hydrogen-bond donors (Lipinski definition) is 2. The van der Waals surface area contributed by atoms with Gasteiger partial charge < -0.3 is 15.4 Å². The lowest BCUT2D eigenvalue weighted by Crippen LogP contribution is -2.65. The number of hydrogen-bond acceptors (Lipinski definition) is 3. The molecule has 4 bridgehead atoms. The minimum Gasteiger partial charge on any atom is -0.493 e. The van der Waals surface area contributed by atoms with Crippen LogP contribution in [0.3, 0.4) is 0 Å². The molecule has 0 aromatic heterocycles. The van der Waals surface area contributed by atoms with Crippen LogP contribution in [-0.2, 0) is 9.59 Å². The lowest BCUT2D eigenvalue weighted by Gasteiger charge is -2.61. The van der Waals surface area contributed by atoms with Crippen molar-refractivity contribution in [2.75, 3.05) is 6.61 Å². The Kier molecular flexibility index (Phi) is 3.78. The first kappa shape index (κ1) is 17.1. The fourth-order valence-electron chi connectivity index (χ4n) is 6.85. The van der Waals surface area contributed by atoms with Crippen LogP contribution in [0, 0.1) is 17.3 Å². The van der Waals surface area contributed by atoms with E-state index >= 15 is 0 Å². The van der Waals surface area contributed by atoms with E-state index in [1.54, 1.807) is 6.92 Å². The minimum absolute atomic E-state index is 0.0205. The van der Waals surface area contributed by atoms with Crippen molar-refractivity contribution < 1.29 is 14.3 Å². The van der Waals surface area contributed by atoms with Gasteiger partial charge in [0.1, 0.15) is 5.75 Å². The summed E-state index contributed by atoms with van der Waals surface area (Å²) in [5.74, 6) is 2.23. The summed E-state index contributed by atoms with van der Waals surface area (Å²) in [6, 6.07) is 8.03. The monoisotopic (exact) mass is 368 g/mol. The van der Waals surface area contributed by atoms with Crippen LogP contribution in [0.15, 0.2) is 24.3 Å². The van der Waals surface area contributed by atoms with Crippen LogP contribution in [-0.4, -0.2) is 24.0 Å². The van der Waals surface area contributed by atoms with Crippen molar-refractivity contribution in [2.45, 2.75) is 63.5 Å². The Morgan fingerprint density at radius 2 is 1.85 bits per heavy atom. The number of para-hydroxylation sites is 1. The van der Waals surface area contributed by atoms with E-state index in [2.05, 4.69) is 16.7 Å². The lowest BCUT2D eigenvalue weighted by atomic mass is 9.46. The highest BCUT2D eigenvalue weighted by atomic mass is 16.5. The van der Waals surface area contributed by atoms with Gasteiger partial charge in [-0.3, -0.25) is 9.59 Å². The van der Waals surface area contributed by atoms with Crippen LogP contribution >= 0.6 is 0 Å². The molecule has 144 valence electrons. The maximum absolute atomic E-state index is 13.5. The van der Waals surface area contributed by atoms with Crippen LogP contribution in [0.2, 0.25) is 0 Å². The molecule has 2 N–H and O–H groups in total. The molecular formula is C22H28N2O3. The first-order valence-corrected chi connectivity index (χ1v) is 10.3. The van der Waals surface area contributed by atoms with Gasteiger partial charge >= 0.3 is 0 Å². The molecule has 5 aliphatic rings. The van der Waals surface area contributed by atoms with Gasteiger partial charge in [-0.25, -0.2) is 0 Å². The van der Waals surface area contributed by atoms with Gasteiger partial charge in [0, 0.05) is 24.4 Å². The highest BCUT2D eigenvalue weighted by Crippen LogP contribution is 2.61. The fourth-order valence-corrected chi connectivity index (χ4v) is 6.85. The van der Waals surface area contributed by atoms with E-state index in [9.17, 15) is 9.59 Å². The second kappa shape index (κ2) is 5.98. The third kappa shape index (κ3) is 2.82. The standard InChI is InChI=1S/C22H28N2O3/c1-14(25)24-22-11-15-8-16(12-22)10-21(9-15,13-22)20(26)23-18-6-7-27-19-5-3-2-4-17(18)19/h2-5,15-16,18H,6-13H2,1H3,(H,23,26)(H,24,25). The van der Waals surface area contributed by atoms with Gasteiger partial charge in [-0.05, 0) is 56.4 Å².